The molecule has 3 aromatic rings. The molecule has 7 heteroatoms. The van der Waals surface area contributed by atoms with Crippen LogP contribution in [0.3, 0.4) is 0 Å². The van der Waals surface area contributed by atoms with Gasteiger partial charge >= 0.3 is 0 Å². The number of para-hydroxylation sites is 1. The summed E-state index contributed by atoms with van der Waals surface area (Å²) in [4.78, 5) is 24.3. The van der Waals surface area contributed by atoms with E-state index in [1.54, 1.807) is 42.5 Å². The third kappa shape index (κ3) is 3.70. The van der Waals surface area contributed by atoms with Crippen molar-refractivity contribution in [2.45, 2.75) is 6.04 Å². The maximum Gasteiger partial charge on any atom is 0.275 e. The van der Waals surface area contributed by atoms with Crippen molar-refractivity contribution in [1.82, 2.24) is 10.4 Å². The van der Waals surface area contributed by atoms with Crippen LogP contribution in [-0.4, -0.2) is 15.8 Å². The van der Waals surface area contributed by atoms with Crippen LogP contribution in [0.2, 0.25) is 5.02 Å². The first-order valence-electron chi connectivity index (χ1n) is 8.91. The van der Waals surface area contributed by atoms with Crippen LogP contribution in [0.5, 0.6) is 0 Å². The van der Waals surface area contributed by atoms with Crippen LogP contribution in [-0.2, 0) is 0 Å². The summed E-state index contributed by atoms with van der Waals surface area (Å²) in [7, 11) is 0. The fourth-order valence-electron chi connectivity index (χ4n) is 3.29. The van der Waals surface area contributed by atoms with Gasteiger partial charge < -0.3 is 0 Å². The molecule has 0 saturated heterocycles. The Kier molecular flexibility index (Phi) is 5.01. The molecule has 1 aliphatic heterocycles. The number of benzene rings is 3. The number of nitro benzene ring substituents is 1. The van der Waals surface area contributed by atoms with Crippen molar-refractivity contribution in [3.8, 4) is 0 Å². The predicted octanol–water partition coefficient (Wildman–Crippen LogP) is 4.99. The van der Waals surface area contributed by atoms with Gasteiger partial charge in [-0.15, -0.1) is 0 Å². The number of amides is 1. The van der Waals surface area contributed by atoms with Crippen molar-refractivity contribution in [3.05, 3.63) is 117 Å². The number of hydrazine groups is 1. The number of hydrogen-bond donors (Lipinski definition) is 1. The number of carbonyl (C=O) groups is 1. The molecule has 0 aromatic heterocycles. The highest BCUT2D eigenvalue weighted by Gasteiger charge is 2.35. The fraction of sp³-hybridized carbons (Fsp3) is 0.0455. The third-order valence-corrected chi connectivity index (χ3v) is 4.94. The molecule has 0 aliphatic carbocycles. The van der Waals surface area contributed by atoms with Crippen LogP contribution in [0.1, 0.15) is 27.5 Å². The summed E-state index contributed by atoms with van der Waals surface area (Å²) in [6, 6.07) is 21.8. The molecule has 144 valence electrons. The lowest BCUT2D eigenvalue weighted by Gasteiger charge is -2.25. The van der Waals surface area contributed by atoms with Crippen LogP contribution in [0, 0.1) is 10.1 Å². The lowest BCUT2D eigenvalue weighted by molar-refractivity contribution is -0.385. The van der Waals surface area contributed by atoms with Gasteiger partial charge in [-0.25, -0.2) is 5.01 Å². The van der Waals surface area contributed by atoms with Crippen LogP contribution in [0.25, 0.3) is 5.70 Å². The zero-order valence-corrected chi connectivity index (χ0v) is 15.9. The quantitative estimate of drug-likeness (QED) is 0.490. The van der Waals surface area contributed by atoms with E-state index < -0.39 is 11.0 Å². The van der Waals surface area contributed by atoms with Crippen LogP contribution >= 0.6 is 11.6 Å². The van der Waals surface area contributed by atoms with E-state index in [1.165, 1.54) is 11.1 Å². The summed E-state index contributed by atoms with van der Waals surface area (Å²) in [6.07, 6.45) is 1.82. The van der Waals surface area contributed by atoms with E-state index >= 15 is 0 Å². The largest absolute Gasteiger partial charge is 0.295 e. The van der Waals surface area contributed by atoms with Crippen LogP contribution < -0.4 is 5.43 Å². The highest BCUT2D eigenvalue weighted by Crippen LogP contribution is 2.36. The van der Waals surface area contributed by atoms with Crippen LogP contribution in [0.4, 0.5) is 5.69 Å². The minimum absolute atomic E-state index is 0.0428. The van der Waals surface area contributed by atoms with Gasteiger partial charge in [-0.05, 0) is 42.0 Å². The van der Waals surface area contributed by atoms with Gasteiger partial charge in [0.1, 0.15) is 6.04 Å². The van der Waals surface area contributed by atoms with Gasteiger partial charge in [-0.2, -0.15) is 0 Å². The Morgan fingerprint density at radius 2 is 1.62 bits per heavy atom. The summed E-state index contributed by atoms with van der Waals surface area (Å²) >= 11 is 5.93. The first-order chi connectivity index (χ1) is 14.0. The summed E-state index contributed by atoms with van der Waals surface area (Å²) in [5.41, 5.74) is 5.52. The predicted molar refractivity (Wildman–Crippen MR) is 111 cm³/mol. The average molecular weight is 406 g/mol. The summed E-state index contributed by atoms with van der Waals surface area (Å²) in [5.74, 6) is -0.313. The number of carbonyl (C=O) groups excluding carboxylic acids is 1. The molecule has 3 aromatic carbocycles. The van der Waals surface area contributed by atoms with Crippen molar-refractivity contribution in [2.75, 3.05) is 0 Å². The zero-order valence-electron chi connectivity index (χ0n) is 15.2. The van der Waals surface area contributed by atoms with Gasteiger partial charge in [0.2, 0.25) is 0 Å². The molecule has 0 radical (unpaired) electrons. The molecule has 0 fully saturated rings. The minimum atomic E-state index is -0.644. The molecular formula is C22H16ClN3O3. The first kappa shape index (κ1) is 18.7. The molecule has 0 unspecified atom stereocenters. The van der Waals surface area contributed by atoms with Crippen molar-refractivity contribution in [1.29, 1.82) is 0 Å². The Labute approximate surface area is 172 Å². The van der Waals surface area contributed by atoms with E-state index in [-0.39, 0.29) is 11.6 Å². The molecule has 1 heterocycles. The normalized spacial score (nSPS) is 15.6. The number of nitro groups is 1. The molecule has 0 bridgehead atoms. The molecule has 29 heavy (non-hydrogen) atoms. The number of nitrogens with zero attached hydrogens (tertiary/aromatic N) is 2. The highest BCUT2D eigenvalue weighted by molar-refractivity contribution is 6.30. The van der Waals surface area contributed by atoms with Gasteiger partial charge in [-0.3, -0.25) is 20.3 Å². The molecule has 0 spiro atoms. The second kappa shape index (κ2) is 7.77. The molecule has 1 N–H and O–H groups in total. The second-order valence-electron chi connectivity index (χ2n) is 6.50. The molecule has 6 nitrogen and oxygen atoms in total. The molecule has 1 atom stereocenters. The maximum absolute atomic E-state index is 13.2. The summed E-state index contributed by atoms with van der Waals surface area (Å²) in [5, 5.41) is 13.5. The van der Waals surface area contributed by atoms with Crippen molar-refractivity contribution >= 4 is 28.9 Å². The van der Waals surface area contributed by atoms with Crippen molar-refractivity contribution < 1.29 is 9.72 Å². The fourth-order valence-corrected chi connectivity index (χ4v) is 3.41. The van der Waals surface area contributed by atoms with Crippen molar-refractivity contribution in [3.63, 3.8) is 0 Å². The lowest BCUT2D eigenvalue weighted by Crippen LogP contribution is -2.39. The number of hydrogen-bond acceptors (Lipinski definition) is 4. The van der Waals surface area contributed by atoms with E-state index in [0.29, 0.717) is 21.8 Å². The Morgan fingerprint density at radius 3 is 2.31 bits per heavy atom. The highest BCUT2D eigenvalue weighted by atomic mass is 35.5. The lowest BCUT2D eigenvalue weighted by atomic mass is 10.0. The van der Waals surface area contributed by atoms with E-state index in [4.69, 9.17) is 11.6 Å². The zero-order chi connectivity index (χ0) is 20.4. The van der Waals surface area contributed by atoms with Gasteiger partial charge in [0.05, 0.1) is 16.2 Å². The van der Waals surface area contributed by atoms with E-state index in [9.17, 15) is 14.9 Å². The molecule has 1 amide bonds. The van der Waals surface area contributed by atoms with Gasteiger partial charge in [0.25, 0.3) is 11.6 Å². The van der Waals surface area contributed by atoms with Crippen molar-refractivity contribution in [2.24, 2.45) is 0 Å². The van der Waals surface area contributed by atoms with Gasteiger partial charge in [-0.1, -0.05) is 54.1 Å². The molecular weight excluding hydrogens is 390 g/mol. The monoisotopic (exact) mass is 405 g/mol. The van der Waals surface area contributed by atoms with E-state index in [2.05, 4.69) is 5.43 Å². The Bertz CT molecular complexity index is 1100. The summed E-state index contributed by atoms with van der Waals surface area (Å²) < 4.78 is 0. The number of nitrogens with one attached hydrogen (secondary N) is 1. The molecule has 0 saturated carbocycles. The average Bonchev–Trinajstić information content (AvgIpc) is 3.20. The third-order valence-electron chi connectivity index (χ3n) is 4.69. The second-order valence-corrected chi connectivity index (χ2v) is 6.94. The topological polar surface area (TPSA) is 75.5 Å². The minimum Gasteiger partial charge on any atom is -0.295 e. The maximum atomic E-state index is 13.2. The smallest absolute Gasteiger partial charge is 0.275 e. The first-order valence-corrected chi connectivity index (χ1v) is 9.29. The number of rotatable bonds is 4. The number of halogens is 1. The Balaban J connectivity index is 1.78. The standard InChI is InChI=1S/C22H16ClN3O3/c23-17-12-10-16(11-13-17)22(27)25-21(18-8-4-5-9-20(18)26(28)29)14-19(24-25)15-6-2-1-3-7-15/h1-14,21,24H/t21-/m0/s1. The van der Waals surface area contributed by atoms with Crippen LogP contribution in [0.15, 0.2) is 84.9 Å². The Hall–Kier alpha value is -3.64. The SMILES string of the molecule is O=C(c1ccc(Cl)cc1)N1NC(c2ccccc2)=C[C@H]1c1ccccc1[N+](=O)[O-]. The molecule has 1 aliphatic rings. The van der Waals surface area contributed by atoms with E-state index in [1.807, 2.05) is 36.4 Å². The summed E-state index contributed by atoms with van der Waals surface area (Å²) in [6.45, 7) is 0. The molecule has 4 rings (SSSR count). The Morgan fingerprint density at radius 1 is 0.966 bits per heavy atom. The van der Waals surface area contributed by atoms with Gasteiger partial charge in [0.15, 0.2) is 0 Å². The van der Waals surface area contributed by atoms with Gasteiger partial charge in [0, 0.05) is 16.7 Å². The van der Waals surface area contributed by atoms with E-state index in [0.717, 1.165) is 5.56 Å².